The zero-order chi connectivity index (χ0) is 27.9. The molecule has 5 rings (SSSR count). The van der Waals surface area contributed by atoms with Gasteiger partial charge in [0.1, 0.15) is 5.54 Å². The lowest BCUT2D eigenvalue weighted by molar-refractivity contribution is -0.122. The third-order valence-electron chi connectivity index (χ3n) is 7.31. The van der Waals surface area contributed by atoms with Crippen molar-refractivity contribution in [3.05, 3.63) is 93.2 Å². The van der Waals surface area contributed by atoms with Crippen LogP contribution in [0.4, 0.5) is 10.5 Å². The summed E-state index contributed by atoms with van der Waals surface area (Å²) in [7, 11) is 1.30. The minimum atomic E-state index is -1.29. The predicted octanol–water partition coefficient (Wildman–Crippen LogP) is 4.70. The van der Waals surface area contributed by atoms with E-state index >= 15 is 0 Å². The molecule has 3 amide bonds. The van der Waals surface area contributed by atoms with Crippen LogP contribution in [0.3, 0.4) is 0 Å². The Hall–Kier alpha value is -3.97. The summed E-state index contributed by atoms with van der Waals surface area (Å²) >= 11 is 12.4. The number of likely N-dealkylation sites (tertiary alicyclic amines) is 1. The first-order valence-electron chi connectivity index (χ1n) is 12.1. The first-order chi connectivity index (χ1) is 18.7. The molecule has 1 unspecified atom stereocenters. The molecule has 1 spiro atoms. The summed E-state index contributed by atoms with van der Waals surface area (Å²) in [5, 5.41) is 12.8. The topological polar surface area (TPSA) is 116 Å². The first-order valence-corrected chi connectivity index (χ1v) is 12.8. The largest absolute Gasteiger partial charge is 0.465 e. The molecule has 2 fully saturated rings. The maximum atomic E-state index is 14.1. The van der Waals surface area contributed by atoms with E-state index in [1.807, 2.05) is 6.92 Å². The van der Waals surface area contributed by atoms with Crippen LogP contribution in [0, 0.1) is 11.3 Å². The number of methoxy groups -OCH3 is 1. The van der Waals surface area contributed by atoms with E-state index in [4.69, 9.17) is 27.9 Å². The number of nitriles is 1. The van der Waals surface area contributed by atoms with E-state index in [1.54, 1.807) is 36.4 Å². The quantitative estimate of drug-likeness (QED) is 0.353. The summed E-state index contributed by atoms with van der Waals surface area (Å²) in [5.41, 5.74) is 1.29. The zero-order valence-corrected chi connectivity index (χ0v) is 22.5. The first kappa shape index (κ1) is 26.6. The highest BCUT2D eigenvalue weighted by Crippen LogP contribution is 2.44. The van der Waals surface area contributed by atoms with E-state index in [2.05, 4.69) is 21.3 Å². The maximum absolute atomic E-state index is 14.1. The van der Waals surface area contributed by atoms with Crippen molar-refractivity contribution >= 4 is 46.8 Å². The number of imide groups is 1. The maximum Gasteiger partial charge on any atom is 0.339 e. The number of nitrogens with zero attached hydrogens (tertiary/aromatic N) is 4. The fraction of sp³-hybridized carbons (Fsp3) is 0.250. The van der Waals surface area contributed by atoms with Crippen LogP contribution >= 0.6 is 23.2 Å². The highest BCUT2D eigenvalue weighted by molar-refractivity contribution is 6.35. The summed E-state index contributed by atoms with van der Waals surface area (Å²) in [6.45, 7) is 2.57. The van der Waals surface area contributed by atoms with Crippen molar-refractivity contribution in [1.29, 1.82) is 5.26 Å². The van der Waals surface area contributed by atoms with Crippen molar-refractivity contribution in [2.24, 2.45) is 0 Å². The number of halogens is 2. The van der Waals surface area contributed by atoms with Crippen LogP contribution in [0.2, 0.25) is 10.0 Å². The van der Waals surface area contributed by atoms with Crippen molar-refractivity contribution in [3.63, 3.8) is 0 Å². The van der Waals surface area contributed by atoms with Gasteiger partial charge in [0.25, 0.3) is 5.91 Å². The van der Waals surface area contributed by atoms with Crippen LogP contribution in [-0.4, -0.2) is 53.5 Å². The Morgan fingerprint density at radius 3 is 2.44 bits per heavy atom. The smallest absolute Gasteiger partial charge is 0.339 e. The van der Waals surface area contributed by atoms with Gasteiger partial charge in [-0.3, -0.25) is 14.7 Å². The van der Waals surface area contributed by atoms with Gasteiger partial charge in [0.2, 0.25) is 0 Å². The van der Waals surface area contributed by atoms with Crippen LogP contribution in [-0.2, 0) is 9.53 Å². The van der Waals surface area contributed by atoms with Gasteiger partial charge in [-0.1, -0.05) is 35.3 Å². The van der Waals surface area contributed by atoms with Crippen molar-refractivity contribution < 1.29 is 19.1 Å². The average molecular weight is 564 g/mol. The third kappa shape index (κ3) is 4.72. The zero-order valence-electron chi connectivity index (χ0n) is 21.0. The van der Waals surface area contributed by atoms with Gasteiger partial charge in [-0.15, -0.1) is 0 Å². The Balaban J connectivity index is 1.53. The minimum absolute atomic E-state index is 0.203. The molecule has 3 heterocycles. The fourth-order valence-corrected chi connectivity index (χ4v) is 5.79. The third-order valence-corrected chi connectivity index (χ3v) is 7.75. The molecular formula is C28H23Cl2N5O4. The number of esters is 1. The van der Waals surface area contributed by atoms with Crippen LogP contribution in [0.15, 0.2) is 60.8 Å². The molecule has 3 aromatic rings. The number of anilines is 1. The van der Waals surface area contributed by atoms with E-state index in [0.717, 1.165) is 10.5 Å². The van der Waals surface area contributed by atoms with Crippen LogP contribution in [0.25, 0.3) is 0 Å². The van der Waals surface area contributed by atoms with Crippen molar-refractivity contribution in [3.8, 4) is 6.07 Å². The van der Waals surface area contributed by atoms with E-state index in [-0.39, 0.29) is 18.3 Å². The van der Waals surface area contributed by atoms with E-state index in [0.29, 0.717) is 33.4 Å². The number of ether oxygens (including phenoxy) is 1. The molecule has 2 saturated heterocycles. The summed E-state index contributed by atoms with van der Waals surface area (Å²) in [6, 6.07) is 16.2. The number of rotatable bonds is 5. The summed E-state index contributed by atoms with van der Waals surface area (Å²) in [4.78, 5) is 46.9. The van der Waals surface area contributed by atoms with Crippen LogP contribution in [0.1, 0.15) is 46.1 Å². The minimum Gasteiger partial charge on any atom is -0.465 e. The second kappa shape index (κ2) is 10.3. The highest BCUT2D eigenvalue weighted by Gasteiger charge is 2.61. The van der Waals surface area contributed by atoms with Crippen molar-refractivity contribution in [2.75, 3.05) is 25.1 Å². The van der Waals surface area contributed by atoms with Gasteiger partial charge in [0.05, 0.1) is 35.7 Å². The van der Waals surface area contributed by atoms with E-state index in [9.17, 15) is 19.6 Å². The molecule has 3 atom stereocenters. The van der Waals surface area contributed by atoms with Gasteiger partial charge >= 0.3 is 12.0 Å². The summed E-state index contributed by atoms with van der Waals surface area (Å²) < 4.78 is 4.75. The molecule has 9 nitrogen and oxygen atoms in total. The summed E-state index contributed by atoms with van der Waals surface area (Å²) in [6.07, 6.45) is 1.45. The fourth-order valence-electron chi connectivity index (χ4n) is 5.28. The highest BCUT2D eigenvalue weighted by atomic mass is 35.5. The molecule has 2 aliphatic heterocycles. The van der Waals surface area contributed by atoms with Crippen molar-refractivity contribution in [2.45, 2.75) is 24.4 Å². The van der Waals surface area contributed by atoms with E-state index in [1.165, 1.54) is 31.5 Å². The number of pyridine rings is 1. The second-order valence-electron chi connectivity index (χ2n) is 9.52. The molecule has 0 saturated carbocycles. The second-order valence-corrected chi connectivity index (χ2v) is 10.4. The Kier molecular flexibility index (Phi) is 7.03. The van der Waals surface area contributed by atoms with Gasteiger partial charge in [-0.05, 0) is 55.0 Å². The van der Waals surface area contributed by atoms with Gasteiger partial charge in [-0.2, -0.15) is 5.26 Å². The molecule has 0 aliphatic carbocycles. The Labute approximate surface area is 234 Å². The van der Waals surface area contributed by atoms with Crippen molar-refractivity contribution in [1.82, 2.24) is 15.2 Å². The molecular weight excluding hydrogens is 541 g/mol. The molecule has 11 heteroatoms. The monoisotopic (exact) mass is 563 g/mol. The molecule has 2 aromatic carbocycles. The predicted molar refractivity (Wildman–Crippen MR) is 145 cm³/mol. The van der Waals surface area contributed by atoms with Crippen LogP contribution < -0.4 is 10.2 Å². The number of aromatic nitrogens is 1. The lowest BCUT2D eigenvalue weighted by Crippen LogP contribution is -2.53. The van der Waals surface area contributed by atoms with Gasteiger partial charge in [-0.25, -0.2) is 14.5 Å². The van der Waals surface area contributed by atoms with Gasteiger partial charge in [0.15, 0.2) is 0 Å². The lowest BCUT2D eigenvalue weighted by atomic mass is 9.81. The molecule has 39 heavy (non-hydrogen) atoms. The molecule has 1 aromatic heterocycles. The number of carbonyl (C=O) groups is 3. The normalized spacial score (nSPS) is 21.6. The average Bonchev–Trinajstić information content (AvgIpc) is 3.43. The molecule has 0 bridgehead atoms. The SMILES string of the molecule is COC(=O)c1ccc(C(C)N2C[C@@H](c3ccc(C#N)cc3)[C@@]3(C2)NC(=O)N(c2cc(Cl)cc(Cl)c2)C3=O)nc1. The van der Waals surface area contributed by atoms with Gasteiger partial charge < -0.3 is 10.1 Å². The number of carbonyl (C=O) groups excluding carboxylic acids is 3. The number of nitrogens with one attached hydrogen (secondary N) is 1. The molecule has 1 N–H and O–H groups in total. The van der Waals surface area contributed by atoms with Gasteiger partial charge in [0, 0.05) is 41.3 Å². The molecule has 2 aliphatic rings. The number of urea groups is 1. The Morgan fingerprint density at radius 1 is 1.15 bits per heavy atom. The molecule has 0 radical (unpaired) electrons. The standard InChI is InChI=1S/C28H23Cl2N5O4/c1-16(24-8-7-19(13-32-24)25(36)39-2)34-14-23(18-5-3-17(12-31)4-6-18)28(15-34)26(37)35(27(38)33-28)22-10-20(29)9-21(30)11-22/h3-11,13,16,23H,14-15H2,1-2H3,(H,33,38)/t16?,23-,28+/m0/s1. The number of hydrogen-bond donors (Lipinski definition) is 1. The number of amides is 3. The number of benzene rings is 2. The van der Waals surface area contributed by atoms with Crippen LogP contribution in [0.5, 0.6) is 0 Å². The number of hydrogen-bond acceptors (Lipinski definition) is 7. The lowest BCUT2D eigenvalue weighted by Gasteiger charge is -2.28. The Bertz CT molecular complexity index is 1490. The summed E-state index contributed by atoms with van der Waals surface area (Å²) in [5.74, 6) is -1.34. The Morgan fingerprint density at radius 2 is 1.85 bits per heavy atom. The van der Waals surface area contributed by atoms with E-state index < -0.39 is 29.4 Å². The molecule has 198 valence electrons.